The number of nitrogens with one attached hydrogen (secondary N) is 1. The lowest BCUT2D eigenvalue weighted by Gasteiger charge is -2.24. The van der Waals surface area contributed by atoms with Gasteiger partial charge in [0.15, 0.2) is 0 Å². The lowest BCUT2D eigenvalue weighted by Crippen LogP contribution is -2.33. The molecule has 1 N–H and O–H groups in total. The molecule has 2 unspecified atom stereocenters. The largest absolute Gasteiger partial charge is 0.450 e. The van der Waals surface area contributed by atoms with E-state index in [-0.39, 0.29) is 23.6 Å². The summed E-state index contributed by atoms with van der Waals surface area (Å²) in [6.07, 6.45) is 4.44. The Morgan fingerprint density at radius 3 is 2.79 bits per heavy atom. The molecule has 1 fully saturated rings. The molecule has 1 saturated carbocycles. The SMILES string of the molecule is Cc1onc2c1c(=O)n(C1CCCCC(CNC(=O)OCC[Si](C)(C)C)C1)c1cccc(Cl)c21. The normalized spacial score (nSPS) is 19.3. The van der Waals surface area contributed by atoms with Gasteiger partial charge in [-0.3, -0.25) is 4.79 Å². The van der Waals surface area contributed by atoms with Gasteiger partial charge in [0.1, 0.15) is 16.7 Å². The molecule has 34 heavy (non-hydrogen) atoms. The molecule has 9 heteroatoms. The van der Waals surface area contributed by atoms with Gasteiger partial charge in [-0.2, -0.15) is 0 Å². The third kappa shape index (κ3) is 5.33. The van der Waals surface area contributed by atoms with E-state index in [1.165, 1.54) is 0 Å². The van der Waals surface area contributed by atoms with Gasteiger partial charge >= 0.3 is 6.09 Å². The number of halogens is 1. The maximum Gasteiger partial charge on any atom is 0.407 e. The van der Waals surface area contributed by atoms with Crippen LogP contribution in [0.5, 0.6) is 0 Å². The first-order valence-corrected chi connectivity index (χ1v) is 16.2. The molecule has 4 rings (SSSR count). The highest BCUT2D eigenvalue weighted by Crippen LogP contribution is 2.36. The quantitative estimate of drug-likeness (QED) is 0.315. The monoisotopic (exact) mass is 503 g/mol. The Morgan fingerprint density at radius 2 is 2.03 bits per heavy atom. The van der Waals surface area contributed by atoms with E-state index in [0.717, 1.165) is 49.1 Å². The fourth-order valence-electron chi connectivity index (χ4n) is 4.92. The average molecular weight is 504 g/mol. The smallest absolute Gasteiger partial charge is 0.407 e. The summed E-state index contributed by atoms with van der Waals surface area (Å²) in [7, 11) is -1.24. The van der Waals surface area contributed by atoms with Crippen LogP contribution < -0.4 is 10.9 Å². The minimum atomic E-state index is -1.24. The van der Waals surface area contributed by atoms with E-state index in [2.05, 4.69) is 30.1 Å². The van der Waals surface area contributed by atoms with Gasteiger partial charge in [0.2, 0.25) is 0 Å². The number of rotatable bonds is 6. The molecule has 0 aliphatic heterocycles. The standard InChI is InChI=1S/C25H34ClN3O4Si/c1-16-21-23(28-33-16)22-19(26)10-7-11-20(22)29(24(21)30)18-9-6-5-8-17(14-18)15-27-25(31)32-12-13-34(2,3)4/h7,10-11,17-18H,5-6,8-9,12-15H2,1-4H3,(H,27,31). The van der Waals surface area contributed by atoms with Gasteiger partial charge in [-0.05, 0) is 50.3 Å². The molecule has 2 atom stereocenters. The van der Waals surface area contributed by atoms with Crippen molar-refractivity contribution in [2.75, 3.05) is 13.2 Å². The molecular weight excluding hydrogens is 470 g/mol. The third-order valence-corrected chi connectivity index (χ3v) is 8.79. The fourth-order valence-corrected chi connectivity index (χ4v) is 5.89. The summed E-state index contributed by atoms with van der Waals surface area (Å²) in [5.41, 5.74) is 1.21. The molecule has 0 spiro atoms. The van der Waals surface area contributed by atoms with E-state index in [4.69, 9.17) is 20.9 Å². The number of alkyl carbamates (subject to hydrolysis) is 1. The molecule has 3 aromatic rings. The summed E-state index contributed by atoms with van der Waals surface area (Å²) in [4.78, 5) is 25.9. The van der Waals surface area contributed by atoms with E-state index < -0.39 is 8.07 Å². The minimum Gasteiger partial charge on any atom is -0.450 e. The van der Waals surface area contributed by atoms with Crippen molar-refractivity contribution in [3.05, 3.63) is 39.3 Å². The molecule has 2 heterocycles. The zero-order valence-electron chi connectivity index (χ0n) is 20.4. The Kier molecular flexibility index (Phi) is 7.38. The summed E-state index contributed by atoms with van der Waals surface area (Å²) in [6, 6.07) is 6.57. The number of aryl methyl sites for hydroxylation is 1. The van der Waals surface area contributed by atoms with Crippen LogP contribution in [0.4, 0.5) is 4.79 Å². The first-order chi connectivity index (χ1) is 16.2. The molecule has 0 bridgehead atoms. The van der Waals surface area contributed by atoms with E-state index in [0.29, 0.717) is 34.8 Å². The number of aromatic nitrogens is 2. The van der Waals surface area contributed by atoms with Crippen LogP contribution in [-0.2, 0) is 4.74 Å². The van der Waals surface area contributed by atoms with Crippen LogP contribution in [-0.4, -0.2) is 37.0 Å². The lowest BCUT2D eigenvalue weighted by molar-refractivity contribution is 0.149. The minimum absolute atomic E-state index is 0.00405. The van der Waals surface area contributed by atoms with Crippen LogP contribution >= 0.6 is 11.6 Å². The van der Waals surface area contributed by atoms with E-state index in [1.807, 2.05) is 22.8 Å². The third-order valence-electron chi connectivity index (χ3n) is 6.77. The summed E-state index contributed by atoms with van der Waals surface area (Å²) < 4.78 is 12.7. The highest BCUT2D eigenvalue weighted by molar-refractivity contribution is 6.76. The molecule has 0 radical (unpaired) electrons. The Labute approximate surface area is 205 Å². The zero-order chi connectivity index (χ0) is 24.5. The van der Waals surface area contributed by atoms with Gasteiger partial charge < -0.3 is 19.1 Å². The van der Waals surface area contributed by atoms with Gasteiger partial charge in [0.05, 0.1) is 17.1 Å². The molecule has 184 valence electrons. The average Bonchev–Trinajstić information content (AvgIpc) is 2.99. The topological polar surface area (TPSA) is 86.4 Å². The Balaban J connectivity index is 1.57. The maximum absolute atomic E-state index is 13.7. The van der Waals surface area contributed by atoms with E-state index in [9.17, 15) is 9.59 Å². The number of hydrogen-bond donors (Lipinski definition) is 1. The first-order valence-electron chi connectivity index (χ1n) is 12.1. The highest BCUT2D eigenvalue weighted by Gasteiger charge is 2.27. The number of pyridine rings is 1. The molecule has 1 aliphatic rings. The van der Waals surface area contributed by atoms with Gasteiger partial charge in [0.25, 0.3) is 5.56 Å². The summed E-state index contributed by atoms with van der Waals surface area (Å²) in [5, 5.41) is 8.89. The second kappa shape index (κ2) is 10.1. The van der Waals surface area contributed by atoms with Crippen molar-refractivity contribution >= 4 is 47.6 Å². The molecule has 0 saturated heterocycles. The zero-order valence-corrected chi connectivity index (χ0v) is 22.2. The van der Waals surface area contributed by atoms with Crippen LogP contribution in [0, 0.1) is 12.8 Å². The van der Waals surface area contributed by atoms with Crippen LogP contribution in [0.3, 0.4) is 0 Å². The molecule has 7 nitrogen and oxygen atoms in total. The number of nitrogens with zero attached hydrogens (tertiary/aromatic N) is 2. The Morgan fingerprint density at radius 1 is 1.26 bits per heavy atom. The summed E-state index contributed by atoms with van der Waals surface area (Å²) in [5.74, 6) is 0.765. The molecule has 2 aromatic heterocycles. The number of amides is 1. The Bertz CT molecular complexity index is 1250. The second-order valence-electron chi connectivity index (χ2n) is 10.6. The predicted molar refractivity (Wildman–Crippen MR) is 139 cm³/mol. The number of benzene rings is 1. The molecule has 1 amide bonds. The molecular formula is C25H34ClN3O4Si. The maximum atomic E-state index is 13.7. The highest BCUT2D eigenvalue weighted by atomic mass is 35.5. The lowest BCUT2D eigenvalue weighted by atomic mass is 9.97. The van der Waals surface area contributed by atoms with E-state index >= 15 is 0 Å². The van der Waals surface area contributed by atoms with Crippen molar-refractivity contribution in [1.82, 2.24) is 15.0 Å². The van der Waals surface area contributed by atoms with Crippen LogP contribution in [0.2, 0.25) is 30.7 Å². The van der Waals surface area contributed by atoms with Gasteiger partial charge in [0, 0.05) is 26.0 Å². The summed E-state index contributed by atoms with van der Waals surface area (Å²) in [6.45, 7) is 9.56. The van der Waals surface area contributed by atoms with Gasteiger partial charge in [-0.1, -0.05) is 55.3 Å². The van der Waals surface area contributed by atoms with Crippen molar-refractivity contribution in [3.8, 4) is 0 Å². The van der Waals surface area contributed by atoms with Crippen molar-refractivity contribution in [2.24, 2.45) is 5.92 Å². The first kappa shape index (κ1) is 24.8. The Hall–Kier alpha value is -2.32. The molecule has 1 aliphatic carbocycles. The number of carbonyl (C=O) groups is 1. The van der Waals surface area contributed by atoms with E-state index in [1.54, 1.807) is 6.92 Å². The second-order valence-corrected chi connectivity index (χ2v) is 16.7. The number of carbonyl (C=O) groups excluding carboxylic acids is 1. The molecule has 1 aromatic carbocycles. The number of fused-ring (bicyclic) bond motifs is 3. The van der Waals surface area contributed by atoms with Gasteiger partial charge in [-0.15, -0.1) is 0 Å². The predicted octanol–water partition coefficient (Wildman–Crippen LogP) is 6.29. The number of hydrogen-bond acceptors (Lipinski definition) is 5. The van der Waals surface area contributed by atoms with Crippen LogP contribution in [0.15, 0.2) is 27.5 Å². The summed E-state index contributed by atoms with van der Waals surface area (Å²) >= 11 is 6.57. The number of ether oxygens (including phenoxy) is 1. The van der Waals surface area contributed by atoms with Crippen molar-refractivity contribution in [1.29, 1.82) is 0 Å². The van der Waals surface area contributed by atoms with Crippen molar-refractivity contribution in [2.45, 2.75) is 70.8 Å². The fraction of sp³-hybridized carbons (Fsp3) is 0.560. The van der Waals surface area contributed by atoms with Gasteiger partial charge in [-0.25, -0.2) is 4.79 Å². The van der Waals surface area contributed by atoms with Crippen molar-refractivity contribution in [3.63, 3.8) is 0 Å². The van der Waals surface area contributed by atoms with Crippen LogP contribution in [0.1, 0.15) is 43.9 Å². The van der Waals surface area contributed by atoms with Crippen LogP contribution in [0.25, 0.3) is 21.8 Å². The van der Waals surface area contributed by atoms with Crippen molar-refractivity contribution < 1.29 is 14.1 Å².